The molecule has 4 nitrogen and oxygen atoms in total. The molecule has 1 saturated carbocycles. The molecular weight excluding hydrogens is 182 g/mol. The molecule has 0 heterocycles. The highest BCUT2D eigenvalue weighted by atomic mass is 16.4. The smallest absolute Gasteiger partial charge is 0.320 e. The van der Waals surface area contributed by atoms with E-state index in [9.17, 15) is 9.90 Å². The van der Waals surface area contributed by atoms with Gasteiger partial charge < -0.3 is 10.2 Å². The van der Waals surface area contributed by atoms with Gasteiger partial charge in [-0.2, -0.15) is 0 Å². The fourth-order valence-corrected chi connectivity index (χ4v) is 2.03. The quantitative estimate of drug-likeness (QED) is 0.705. The van der Waals surface area contributed by atoms with Crippen LogP contribution in [0.2, 0.25) is 0 Å². The van der Waals surface area contributed by atoms with Gasteiger partial charge in [-0.3, -0.25) is 9.69 Å². The van der Waals surface area contributed by atoms with Gasteiger partial charge in [0, 0.05) is 6.04 Å². The molecule has 4 heteroatoms. The van der Waals surface area contributed by atoms with Crippen molar-refractivity contribution in [1.82, 2.24) is 4.90 Å². The summed E-state index contributed by atoms with van der Waals surface area (Å²) in [6.45, 7) is 1.66. The van der Waals surface area contributed by atoms with Gasteiger partial charge in [-0.1, -0.05) is 12.8 Å². The molecule has 0 spiro atoms. The van der Waals surface area contributed by atoms with Crippen LogP contribution in [0.5, 0.6) is 0 Å². The van der Waals surface area contributed by atoms with Gasteiger partial charge in [0.2, 0.25) is 0 Å². The number of nitrogens with zero attached hydrogens (tertiary/aromatic N) is 1. The normalized spacial score (nSPS) is 30.3. The summed E-state index contributed by atoms with van der Waals surface area (Å²) in [6.07, 6.45) is 3.46. The summed E-state index contributed by atoms with van der Waals surface area (Å²) in [5, 5.41) is 18.6. The van der Waals surface area contributed by atoms with Crippen molar-refractivity contribution >= 4 is 5.97 Å². The van der Waals surface area contributed by atoms with Crippen LogP contribution in [0, 0.1) is 0 Å². The molecule has 82 valence electrons. The van der Waals surface area contributed by atoms with Crippen molar-refractivity contribution < 1.29 is 15.0 Å². The van der Waals surface area contributed by atoms with Crippen LogP contribution < -0.4 is 0 Å². The Kier molecular flexibility index (Phi) is 3.89. The Morgan fingerprint density at radius 3 is 2.50 bits per heavy atom. The minimum absolute atomic E-state index is 0.00912. The number of rotatable bonds is 3. The molecule has 1 aliphatic rings. The number of carbonyl (C=O) groups is 1. The average molecular weight is 201 g/mol. The number of hydrogen-bond acceptors (Lipinski definition) is 3. The van der Waals surface area contributed by atoms with Crippen LogP contribution in [0.15, 0.2) is 0 Å². The van der Waals surface area contributed by atoms with E-state index in [1.54, 1.807) is 18.9 Å². The minimum Gasteiger partial charge on any atom is -0.480 e. The average Bonchev–Trinajstić information content (AvgIpc) is 2.16. The van der Waals surface area contributed by atoms with Crippen molar-refractivity contribution in [1.29, 1.82) is 0 Å². The lowest BCUT2D eigenvalue weighted by atomic mass is 9.91. The standard InChI is InChI=1S/C10H19NO3/c1-7(10(13)14)11(2)8-5-3-4-6-9(8)12/h7-9,12H,3-6H2,1-2H3,(H,13,14). The summed E-state index contributed by atoms with van der Waals surface area (Å²) in [4.78, 5) is 12.5. The zero-order valence-corrected chi connectivity index (χ0v) is 8.81. The second-order valence-corrected chi connectivity index (χ2v) is 4.10. The lowest BCUT2D eigenvalue weighted by molar-refractivity contribution is -0.144. The maximum atomic E-state index is 10.8. The molecule has 3 unspecified atom stereocenters. The van der Waals surface area contributed by atoms with Crippen LogP contribution >= 0.6 is 0 Å². The first-order chi connectivity index (χ1) is 6.54. The molecule has 1 aliphatic carbocycles. The van der Waals surface area contributed by atoms with Crippen LogP contribution in [0.25, 0.3) is 0 Å². The van der Waals surface area contributed by atoms with Crippen molar-refractivity contribution in [3.63, 3.8) is 0 Å². The topological polar surface area (TPSA) is 60.8 Å². The Balaban J connectivity index is 2.57. The Morgan fingerprint density at radius 1 is 1.43 bits per heavy atom. The maximum absolute atomic E-state index is 10.8. The van der Waals surface area contributed by atoms with Crippen LogP contribution in [-0.2, 0) is 4.79 Å². The largest absolute Gasteiger partial charge is 0.480 e. The predicted octanol–water partition coefficient (Wildman–Crippen LogP) is 0.695. The summed E-state index contributed by atoms with van der Waals surface area (Å²) in [5.74, 6) is -0.828. The number of carboxylic acid groups (broad SMARTS) is 1. The van der Waals surface area contributed by atoms with Gasteiger partial charge >= 0.3 is 5.97 Å². The zero-order valence-electron chi connectivity index (χ0n) is 8.81. The Bertz CT molecular complexity index is 208. The van der Waals surface area contributed by atoms with E-state index in [1.165, 1.54) is 0 Å². The first-order valence-corrected chi connectivity index (χ1v) is 5.17. The van der Waals surface area contributed by atoms with Crippen molar-refractivity contribution in [2.24, 2.45) is 0 Å². The molecule has 0 aromatic heterocycles. The van der Waals surface area contributed by atoms with E-state index in [0.717, 1.165) is 25.7 Å². The van der Waals surface area contributed by atoms with E-state index >= 15 is 0 Å². The monoisotopic (exact) mass is 201 g/mol. The molecule has 14 heavy (non-hydrogen) atoms. The molecular formula is C10H19NO3. The van der Waals surface area contributed by atoms with Crippen molar-refractivity contribution in [3.8, 4) is 0 Å². The number of likely N-dealkylation sites (N-methyl/N-ethyl adjacent to an activating group) is 1. The molecule has 1 rings (SSSR count). The van der Waals surface area contributed by atoms with Crippen LogP contribution in [0.4, 0.5) is 0 Å². The third kappa shape index (κ3) is 2.45. The first-order valence-electron chi connectivity index (χ1n) is 5.17. The second kappa shape index (κ2) is 4.75. The van der Waals surface area contributed by atoms with Gasteiger partial charge in [-0.15, -0.1) is 0 Å². The molecule has 0 saturated heterocycles. The molecule has 0 radical (unpaired) electrons. The maximum Gasteiger partial charge on any atom is 0.320 e. The number of aliphatic hydroxyl groups is 1. The number of carboxylic acids is 1. The Morgan fingerprint density at radius 2 is 2.00 bits per heavy atom. The van der Waals surface area contributed by atoms with Gasteiger partial charge in [0.25, 0.3) is 0 Å². The van der Waals surface area contributed by atoms with Crippen LogP contribution in [-0.4, -0.2) is 46.3 Å². The first kappa shape index (κ1) is 11.5. The summed E-state index contributed by atoms with van der Waals surface area (Å²) in [6, 6.07) is -0.511. The van der Waals surface area contributed by atoms with Crippen molar-refractivity contribution in [2.45, 2.75) is 50.8 Å². The minimum atomic E-state index is -0.828. The number of aliphatic hydroxyl groups excluding tert-OH is 1. The highest BCUT2D eigenvalue weighted by Crippen LogP contribution is 2.23. The third-order valence-corrected chi connectivity index (χ3v) is 3.19. The highest BCUT2D eigenvalue weighted by molar-refractivity contribution is 5.72. The summed E-state index contributed by atoms with van der Waals surface area (Å²) in [7, 11) is 1.78. The van der Waals surface area contributed by atoms with Gasteiger partial charge in [0.1, 0.15) is 6.04 Å². The van der Waals surface area contributed by atoms with E-state index in [0.29, 0.717) is 0 Å². The predicted molar refractivity (Wildman–Crippen MR) is 53.1 cm³/mol. The van der Waals surface area contributed by atoms with E-state index in [-0.39, 0.29) is 12.1 Å². The van der Waals surface area contributed by atoms with E-state index in [4.69, 9.17) is 5.11 Å². The lowest BCUT2D eigenvalue weighted by Gasteiger charge is -2.37. The molecule has 3 atom stereocenters. The van der Waals surface area contributed by atoms with E-state index < -0.39 is 12.0 Å². The SMILES string of the molecule is CC(C(=O)O)N(C)C1CCCCC1O. The fraction of sp³-hybridized carbons (Fsp3) is 0.900. The van der Waals surface area contributed by atoms with Gasteiger partial charge in [-0.25, -0.2) is 0 Å². The molecule has 0 bridgehead atoms. The Labute approximate surface area is 84.5 Å². The Hall–Kier alpha value is -0.610. The van der Waals surface area contributed by atoms with Crippen LogP contribution in [0.1, 0.15) is 32.6 Å². The molecule has 0 aromatic carbocycles. The van der Waals surface area contributed by atoms with Crippen molar-refractivity contribution in [3.05, 3.63) is 0 Å². The highest BCUT2D eigenvalue weighted by Gasteiger charge is 2.31. The number of aliphatic carboxylic acids is 1. The molecule has 2 N–H and O–H groups in total. The lowest BCUT2D eigenvalue weighted by Crippen LogP contribution is -2.49. The fourth-order valence-electron chi connectivity index (χ4n) is 2.03. The van der Waals surface area contributed by atoms with Gasteiger partial charge in [-0.05, 0) is 26.8 Å². The van der Waals surface area contributed by atoms with Crippen LogP contribution in [0.3, 0.4) is 0 Å². The molecule has 1 fully saturated rings. The molecule has 0 aromatic rings. The summed E-state index contributed by atoms with van der Waals surface area (Å²) in [5.41, 5.74) is 0. The van der Waals surface area contributed by atoms with Crippen molar-refractivity contribution in [2.75, 3.05) is 7.05 Å². The molecule has 0 aliphatic heterocycles. The van der Waals surface area contributed by atoms with E-state index in [2.05, 4.69) is 0 Å². The second-order valence-electron chi connectivity index (χ2n) is 4.10. The number of hydrogen-bond donors (Lipinski definition) is 2. The van der Waals surface area contributed by atoms with E-state index in [1.807, 2.05) is 0 Å². The van der Waals surface area contributed by atoms with Gasteiger partial charge in [0.05, 0.1) is 6.10 Å². The molecule has 0 amide bonds. The zero-order chi connectivity index (χ0) is 10.7. The van der Waals surface area contributed by atoms with Gasteiger partial charge in [0.15, 0.2) is 0 Å². The third-order valence-electron chi connectivity index (χ3n) is 3.19. The summed E-state index contributed by atoms with van der Waals surface area (Å²) >= 11 is 0. The summed E-state index contributed by atoms with van der Waals surface area (Å²) < 4.78 is 0.